The lowest BCUT2D eigenvalue weighted by atomic mass is 10.0. The van der Waals surface area contributed by atoms with Gasteiger partial charge in [-0.3, -0.25) is 9.59 Å². The van der Waals surface area contributed by atoms with Crippen LogP contribution in [0.2, 0.25) is 5.02 Å². The van der Waals surface area contributed by atoms with Crippen molar-refractivity contribution in [3.63, 3.8) is 0 Å². The highest BCUT2D eigenvalue weighted by Crippen LogP contribution is 2.34. The third-order valence-electron chi connectivity index (χ3n) is 4.74. The largest absolute Gasteiger partial charge is 0.417 e. The first-order valence-corrected chi connectivity index (χ1v) is 9.52. The number of amides is 1. The van der Waals surface area contributed by atoms with E-state index in [0.29, 0.717) is 21.5 Å². The number of H-pyrrole nitrogens is 1. The van der Waals surface area contributed by atoms with Crippen LogP contribution in [0.25, 0.3) is 10.9 Å². The number of hydrogen-bond acceptors (Lipinski definition) is 2. The third kappa shape index (κ3) is 4.04. The maximum atomic E-state index is 13.4. The molecule has 156 valence electrons. The lowest BCUT2D eigenvalue weighted by Gasteiger charge is -2.13. The van der Waals surface area contributed by atoms with Gasteiger partial charge in [0.2, 0.25) is 5.78 Å². The normalized spacial score (nSPS) is 11.5. The van der Waals surface area contributed by atoms with Gasteiger partial charge in [-0.1, -0.05) is 54.1 Å². The maximum Gasteiger partial charge on any atom is 0.417 e. The maximum absolute atomic E-state index is 13.4. The zero-order chi connectivity index (χ0) is 22.2. The highest BCUT2D eigenvalue weighted by Gasteiger charge is 2.35. The molecule has 0 saturated heterocycles. The van der Waals surface area contributed by atoms with Gasteiger partial charge in [0.15, 0.2) is 0 Å². The minimum absolute atomic E-state index is 0.0429. The molecule has 0 aliphatic heterocycles. The van der Waals surface area contributed by atoms with Crippen molar-refractivity contribution in [2.45, 2.75) is 6.18 Å². The summed E-state index contributed by atoms with van der Waals surface area (Å²) < 4.78 is 40.1. The second-order valence-corrected chi connectivity index (χ2v) is 7.19. The van der Waals surface area contributed by atoms with Gasteiger partial charge in [0.1, 0.15) is 5.69 Å². The van der Waals surface area contributed by atoms with Crippen molar-refractivity contribution in [1.29, 1.82) is 0 Å². The number of anilines is 1. The molecule has 0 atom stereocenters. The van der Waals surface area contributed by atoms with Crippen LogP contribution in [0.1, 0.15) is 32.0 Å². The van der Waals surface area contributed by atoms with Crippen LogP contribution in [0.4, 0.5) is 18.9 Å². The van der Waals surface area contributed by atoms with E-state index in [1.807, 2.05) is 0 Å². The zero-order valence-corrected chi connectivity index (χ0v) is 16.5. The van der Waals surface area contributed by atoms with E-state index in [-0.39, 0.29) is 11.4 Å². The Hall–Kier alpha value is -3.58. The van der Waals surface area contributed by atoms with Crippen molar-refractivity contribution < 1.29 is 22.8 Å². The van der Waals surface area contributed by atoms with Crippen LogP contribution in [0, 0.1) is 0 Å². The minimum atomic E-state index is -4.70. The van der Waals surface area contributed by atoms with Gasteiger partial charge in [-0.2, -0.15) is 13.2 Å². The summed E-state index contributed by atoms with van der Waals surface area (Å²) in [5, 5.41) is 3.34. The van der Waals surface area contributed by atoms with Crippen molar-refractivity contribution in [2.75, 3.05) is 5.32 Å². The van der Waals surface area contributed by atoms with Crippen molar-refractivity contribution in [3.8, 4) is 0 Å². The Labute approximate surface area is 179 Å². The van der Waals surface area contributed by atoms with E-state index in [1.54, 1.807) is 48.5 Å². The molecule has 4 rings (SSSR count). The van der Waals surface area contributed by atoms with E-state index in [2.05, 4.69) is 10.3 Å². The predicted molar refractivity (Wildman–Crippen MR) is 113 cm³/mol. The topological polar surface area (TPSA) is 62.0 Å². The lowest BCUT2D eigenvalue weighted by molar-refractivity contribution is -0.137. The van der Waals surface area contributed by atoms with Gasteiger partial charge < -0.3 is 10.3 Å². The number of hydrogen-bond donors (Lipinski definition) is 2. The predicted octanol–water partition coefficient (Wildman–Crippen LogP) is 6.32. The quantitative estimate of drug-likeness (QED) is 0.363. The van der Waals surface area contributed by atoms with E-state index >= 15 is 0 Å². The SMILES string of the molecule is O=C(Nc1c(C(=O)c2ccccc2)[nH]c2cc(Cl)ccc12)c1ccccc1C(F)(F)F. The standard InChI is InChI=1S/C23H14ClF3N2O2/c24-14-10-11-16-18(12-14)28-20(21(30)13-6-2-1-3-7-13)19(16)29-22(31)15-8-4-5-9-17(15)23(25,26)27/h1-12,28H,(H,29,31). The van der Waals surface area contributed by atoms with Gasteiger partial charge >= 0.3 is 6.18 Å². The van der Waals surface area contributed by atoms with E-state index in [4.69, 9.17) is 11.6 Å². The first kappa shape index (κ1) is 20.7. The smallest absolute Gasteiger partial charge is 0.350 e. The lowest BCUT2D eigenvalue weighted by Crippen LogP contribution is -2.19. The van der Waals surface area contributed by atoms with Gasteiger partial charge in [-0.25, -0.2) is 0 Å². The summed E-state index contributed by atoms with van der Waals surface area (Å²) in [6.45, 7) is 0. The summed E-state index contributed by atoms with van der Waals surface area (Å²) in [6.07, 6.45) is -4.70. The Bertz CT molecular complexity index is 1300. The average Bonchev–Trinajstić information content (AvgIpc) is 3.10. The van der Waals surface area contributed by atoms with Gasteiger partial charge in [-0.05, 0) is 30.3 Å². The van der Waals surface area contributed by atoms with Crippen molar-refractivity contribution >= 4 is 39.9 Å². The number of halogens is 4. The molecule has 0 saturated carbocycles. The van der Waals surface area contributed by atoms with Crippen LogP contribution >= 0.6 is 11.6 Å². The molecule has 1 aromatic heterocycles. The van der Waals surface area contributed by atoms with Gasteiger partial charge in [0.25, 0.3) is 5.91 Å². The number of aromatic amines is 1. The Morgan fingerprint density at radius 2 is 1.58 bits per heavy atom. The Kier molecular flexibility index (Phi) is 5.29. The molecule has 4 nitrogen and oxygen atoms in total. The number of benzene rings is 3. The van der Waals surface area contributed by atoms with Crippen LogP contribution in [-0.2, 0) is 6.18 Å². The molecule has 8 heteroatoms. The van der Waals surface area contributed by atoms with E-state index < -0.39 is 29.0 Å². The number of rotatable bonds is 4. The number of alkyl halides is 3. The highest BCUT2D eigenvalue weighted by molar-refractivity contribution is 6.31. The van der Waals surface area contributed by atoms with Crippen molar-refractivity contribution in [3.05, 3.63) is 100 Å². The fourth-order valence-corrected chi connectivity index (χ4v) is 3.49. The fourth-order valence-electron chi connectivity index (χ4n) is 3.31. The van der Waals surface area contributed by atoms with Crippen LogP contribution in [-0.4, -0.2) is 16.7 Å². The molecule has 0 aliphatic rings. The first-order valence-electron chi connectivity index (χ1n) is 9.14. The molecule has 2 N–H and O–H groups in total. The molecule has 4 aromatic rings. The summed E-state index contributed by atoms with van der Waals surface area (Å²) in [5.41, 5.74) is -0.663. The molecule has 0 unspecified atom stereocenters. The molecule has 0 fully saturated rings. The summed E-state index contributed by atoms with van der Waals surface area (Å²) in [4.78, 5) is 28.8. The number of carbonyl (C=O) groups is 2. The molecule has 0 radical (unpaired) electrons. The molecule has 3 aromatic carbocycles. The molecule has 1 amide bonds. The van der Waals surface area contributed by atoms with Gasteiger partial charge in [-0.15, -0.1) is 0 Å². The fraction of sp³-hybridized carbons (Fsp3) is 0.0435. The zero-order valence-electron chi connectivity index (χ0n) is 15.8. The summed E-state index contributed by atoms with van der Waals surface area (Å²) in [7, 11) is 0. The summed E-state index contributed by atoms with van der Waals surface area (Å²) >= 11 is 6.03. The molecular formula is C23H14ClF3N2O2. The molecule has 0 bridgehead atoms. The summed E-state index contributed by atoms with van der Waals surface area (Å²) in [6, 6.07) is 17.5. The van der Waals surface area contributed by atoms with Crippen LogP contribution < -0.4 is 5.32 Å². The van der Waals surface area contributed by atoms with E-state index in [0.717, 1.165) is 12.1 Å². The van der Waals surface area contributed by atoms with Crippen molar-refractivity contribution in [1.82, 2.24) is 4.98 Å². The van der Waals surface area contributed by atoms with Crippen LogP contribution in [0.15, 0.2) is 72.8 Å². The van der Waals surface area contributed by atoms with Crippen LogP contribution in [0.5, 0.6) is 0 Å². The minimum Gasteiger partial charge on any atom is -0.350 e. The Morgan fingerprint density at radius 1 is 0.903 bits per heavy atom. The van der Waals surface area contributed by atoms with Gasteiger partial charge in [0, 0.05) is 21.5 Å². The van der Waals surface area contributed by atoms with Crippen LogP contribution in [0.3, 0.4) is 0 Å². The number of carbonyl (C=O) groups excluding carboxylic acids is 2. The first-order chi connectivity index (χ1) is 14.8. The average molecular weight is 443 g/mol. The van der Waals surface area contributed by atoms with Gasteiger partial charge in [0.05, 0.1) is 16.8 Å². The molecule has 0 aliphatic carbocycles. The molecule has 31 heavy (non-hydrogen) atoms. The van der Waals surface area contributed by atoms with E-state index in [1.165, 1.54) is 12.1 Å². The molecule has 1 heterocycles. The number of nitrogens with one attached hydrogen (secondary N) is 2. The summed E-state index contributed by atoms with van der Waals surface area (Å²) in [5.74, 6) is -1.40. The third-order valence-corrected chi connectivity index (χ3v) is 4.97. The number of fused-ring (bicyclic) bond motifs is 1. The van der Waals surface area contributed by atoms with E-state index in [9.17, 15) is 22.8 Å². The van der Waals surface area contributed by atoms with Crippen molar-refractivity contribution in [2.24, 2.45) is 0 Å². The molecular weight excluding hydrogens is 429 g/mol. The second-order valence-electron chi connectivity index (χ2n) is 6.76. The Morgan fingerprint density at radius 3 is 2.29 bits per heavy atom. The monoisotopic (exact) mass is 442 g/mol. The number of aromatic nitrogens is 1. The molecule has 0 spiro atoms. The Balaban J connectivity index is 1.82. The number of ketones is 1. The second kappa shape index (κ2) is 7.92. The highest BCUT2D eigenvalue weighted by atomic mass is 35.5.